The van der Waals surface area contributed by atoms with Crippen LogP contribution in [-0.4, -0.2) is 93.1 Å². The second kappa shape index (κ2) is 19.9. The summed E-state index contributed by atoms with van der Waals surface area (Å²) < 4.78 is 1.38. The predicted octanol–water partition coefficient (Wildman–Crippen LogP) is 8.96. The number of aromatic nitrogens is 4. The number of nitrogens with zero attached hydrogens (tertiary/aromatic N) is 6. The number of hydrogen-bond acceptors (Lipinski definition) is 6. The first kappa shape index (κ1) is 39.5. The third-order valence-corrected chi connectivity index (χ3v) is 10.3. The number of H-pyrrole nitrogens is 1. The molecule has 0 bridgehead atoms. The van der Waals surface area contributed by atoms with Crippen LogP contribution in [-0.2, 0) is 0 Å². The van der Waals surface area contributed by atoms with E-state index in [2.05, 4.69) is 78.9 Å². The first-order chi connectivity index (χ1) is 26.4. The first-order valence-electron chi connectivity index (χ1n) is 17.8. The maximum Gasteiger partial charge on any atom is 0.344 e. The van der Waals surface area contributed by atoms with Gasteiger partial charge in [0.2, 0.25) is 0 Å². The van der Waals surface area contributed by atoms with Crippen LogP contribution in [0.4, 0.5) is 4.79 Å². The van der Waals surface area contributed by atoms with Gasteiger partial charge in [-0.1, -0.05) is 94.9 Å². The number of hydrogen-bond donors (Lipinski definition) is 2. The van der Waals surface area contributed by atoms with E-state index in [9.17, 15) is 4.79 Å². The molecule has 4 heterocycles. The van der Waals surface area contributed by atoms with Gasteiger partial charge >= 0.3 is 6.03 Å². The highest BCUT2D eigenvalue weighted by molar-refractivity contribution is 6.31. The highest BCUT2D eigenvalue weighted by Gasteiger charge is 2.29. The molecule has 0 radical (unpaired) electrons. The minimum absolute atomic E-state index is 0.0801. The number of amides is 1. The molecule has 4 aromatic carbocycles. The fourth-order valence-corrected chi connectivity index (χ4v) is 7.17. The molecule has 0 aliphatic carbocycles. The third-order valence-electron chi connectivity index (χ3n) is 9.32. The SMILES string of the molecule is Clc1ccc(C(c2ccc(Cl)cc2)N2CCNCC2)cc1.O=C(N1CCN(C(c2ccc(Cl)cc2)c2ccc(Cl)cc2)CC1)n1cccn1.c1cn[nH]c1. The van der Waals surface area contributed by atoms with Crippen molar-refractivity contribution in [2.24, 2.45) is 0 Å². The molecule has 280 valence electrons. The average Bonchev–Trinajstić information content (AvgIpc) is 3.98. The number of aromatic amines is 1. The van der Waals surface area contributed by atoms with Crippen LogP contribution in [0.25, 0.3) is 0 Å². The summed E-state index contributed by atoms with van der Waals surface area (Å²) in [5.74, 6) is 0. The first-order valence-corrected chi connectivity index (χ1v) is 19.3. The summed E-state index contributed by atoms with van der Waals surface area (Å²) in [4.78, 5) is 19.3. The molecule has 6 aromatic rings. The fraction of sp³-hybridized carbons (Fsp3) is 0.244. The maximum atomic E-state index is 12.5. The summed E-state index contributed by atoms with van der Waals surface area (Å²) in [5, 5.41) is 16.6. The van der Waals surface area contributed by atoms with Gasteiger partial charge in [-0.2, -0.15) is 14.9 Å². The van der Waals surface area contributed by atoms with E-state index in [4.69, 9.17) is 46.4 Å². The lowest BCUT2D eigenvalue weighted by molar-refractivity contribution is 0.119. The van der Waals surface area contributed by atoms with Crippen LogP contribution in [0.3, 0.4) is 0 Å². The number of benzene rings is 4. The van der Waals surface area contributed by atoms with Crippen LogP contribution < -0.4 is 5.32 Å². The van der Waals surface area contributed by atoms with Gasteiger partial charge in [-0.15, -0.1) is 0 Å². The Morgan fingerprint density at radius 1 is 0.556 bits per heavy atom. The Balaban J connectivity index is 0.000000168. The zero-order valence-corrected chi connectivity index (χ0v) is 32.6. The summed E-state index contributed by atoms with van der Waals surface area (Å²) >= 11 is 24.2. The molecule has 0 atom stereocenters. The van der Waals surface area contributed by atoms with Crippen molar-refractivity contribution in [2.75, 3.05) is 52.4 Å². The molecule has 54 heavy (non-hydrogen) atoms. The van der Waals surface area contributed by atoms with Crippen LogP contribution in [0.1, 0.15) is 34.3 Å². The smallest absolute Gasteiger partial charge is 0.320 e. The molecule has 2 N–H and O–H groups in total. The van der Waals surface area contributed by atoms with Gasteiger partial charge in [0, 0.05) is 97.2 Å². The number of rotatable bonds is 6. The molecule has 0 saturated carbocycles. The van der Waals surface area contributed by atoms with Crippen LogP contribution in [0.5, 0.6) is 0 Å². The fourth-order valence-electron chi connectivity index (χ4n) is 6.66. The Hall–Kier alpha value is -4.19. The van der Waals surface area contributed by atoms with E-state index in [1.807, 2.05) is 59.5 Å². The Kier molecular flexibility index (Phi) is 14.6. The van der Waals surface area contributed by atoms with Crippen molar-refractivity contribution in [1.82, 2.24) is 40.0 Å². The van der Waals surface area contributed by atoms with Crippen LogP contribution >= 0.6 is 46.4 Å². The minimum atomic E-state index is -0.0841. The van der Waals surface area contributed by atoms with Crippen molar-refractivity contribution in [3.05, 3.63) is 176 Å². The Morgan fingerprint density at radius 3 is 1.31 bits per heavy atom. The van der Waals surface area contributed by atoms with E-state index >= 15 is 0 Å². The van der Waals surface area contributed by atoms with Crippen molar-refractivity contribution in [3.63, 3.8) is 0 Å². The van der Waals surface area contributed by atoms with E-state index in [0.717, 1.165) is 49.3 Å². The van der Waals surface area contributed by atoms with E-state index < -0.39 is 0 Å². The van der Waals surface area contributed by atoms with Crippen molar-refractivity contribution >= 4 is 52.4 Å². The molecule has 2 saturated heterocycles. The van der Waals surface area contributed by atoms with E-state index in [1.165, 1.54) is 26.9 Å². The quantitative estimate of drug-likeness (QED) is 0.175. The van der Waals surface area contributed by atoms with Gasteiger partial charge < -0.3 is 10.2 Å². The molecule has 9 nitrogen and oxygen atoms in total. The highest BCUT2D eigenvalue weighted by Crippen LogP contribution is 2.32. The molecular weight excluding hydrogens is 762 g/mol. The van der Waals surface area contributed by atoms with Gasteiger partial charge in [0.1, 0.15) is 0 Å². The minimum Gasteiger partial charge on any atom is -0.320 e. The molecule has 1 amide bonds. The zero-order valence-electron chi connectivity index (χ0n) is 29.6. The lowest BCUT2D eigenvalue weighted by Gasteiger charge is -2.39. The second-order valence-electron chi connectivity index (χ2n) is 12.8. The normalized spacial score (nSPS) is 15.0. The monoisotopic (exact) mass is 802 g/mol. The maximum absolute atomic E-state index is 12.5. The molecule has 2 aliphatic heterocycles. The summed E-state index contributed by atoms with van der Waals surface area (Å²) in [6, 6.07) is 36.0. The third kappa shape index (κ3) is 11.0. The summed E-state index contributed by atoms with van der Waals surface area (Å²) in [6.45, 7) is 6.96. The van der Waals surface area contributed by atoms with Crippen molar-refractivity contribution < 1.29 is 4.79 Å². The summed E-state index contributed by atoms with van der Waals surface area (Å²) in [6.07, 6.45) is 6.75. The standard InChI is InChI=1S/C21H20Cl2N4O.C17H18Cl2N2.C3H4N2/c22-18-6-2-16(3-7-18)20(17-4-8-19(23)9-5-17)25-12-14-26(15-13-25)21(28)27-11-1-10-24-27;18-15-5-1-13(2-6-15)17(21-11-9-20-10-12-21)14-3-7-16(19)8-4-14;1-2-4-5-3-1/h1-11,20H,12-15H2;1-8,17,20H,9-12H2;1-3H,(H,4,5). The van der Waals surface area contributed by atoms with E-state index in [0.29, 0.717) is 23.1 Å². The molecule has 13 heteroatoms. The molecule has 2 aliphatic rings. The van der Waals surface area contributed by atoms with Crippen LogP contribution in [0, 0.1) is 0 Å². The average molecular weight is 805 g/mol. The highest BCUT2D eigenvalue weighted by atomic mass is 35.5. The number of piperazine rings is 2. The van der Waals surface area contributed by atoms with E-state index in [-0.39, 0.29) is 18.1 Å². The zero-order chi connectivity index (χ0) is 37.7. The molecule has 2 aromatic heterocycles. The lowest BCUT2D eigenvalue weighted by Crippen LogP contribution is -2.51. The van der Waals surface area contributed by atoms with Crippen molar-refractivity contribution in [1.29, 1.82) is 0 Å². The summed E-state index contributed by atoms with van der Waals surface area (Å²) in [5.41, 5.74) is 4.87. The van der Waals surface area contributed by atoms with Gasteiger partial charge in [0.15, 0.2) is 0 Å². The molecular formula is C41H42Cl4N8O. The van der Waals surface area contributed by atoms with E-state index in [1.54, 1.807) is 30.9 Å². The number of carbonyl (C=O) groups is 1. The Bertz CT molecular complexity index is 1850. The molecule has 0 spiro atoms. The number of carbonyl (C=O) groups excluding carboxylic acids is 1. The predicted molar refractivity (Wildman–Crippen MR) is 219 cm³/mol. The van der Waals surface area contributed by atoms with Crippen LogP contribution in [0.15, 0.2) is 134 Å². The van der Waals surface area contributed by atoms with Crippen LogP contribution in [0.2, 0.25) is 20.1 Å². The Labute approximate surface area is 336 Å². The molecule has 2 fully saturated rings. The van der Waals surface area contributed by atoms with Gasteiger partial charge in [-0.25, -0.2) is 4.79 Å². The van der Waals surface area contributed by atoms with Crippen molar-refractivity contribution in [3.8, 4) is 0 Å². The van der Waals surface area contributed by atoms with Gasteiger partial charge in [-0.05, 0) is 82.9 Å². The van der Waals surface area contributed by atoms with Gasteiger partial charge in [0.05, 0.1) is 12.1 Å². The molecule has 8 rings (SSSR count). The number of halogens is 4. The second-order valence-corrected chi connectivity index (χ2v) is 14.6. The lowest BCUT2D eigenvalue weighted by atomic mass is 9.96. The van der Waals surface area contributed by atoms with Crippen molar-refractivity contribution in [2.45, 2.75) is 12.1 Å². The summed E-state index contributed by atoms with van der Waals surface area (Å²) in [7, 11) is 0. The Morgan fingerprint density at radius 2 is 0.981 bits per heavy atom. The van der Waals surface area contributed by atoms with Gasteiger partial charge in [-0.3, -0.25) is 14.9 Å². The molecule has 0 unspecified atom stereocenters. The largest absolute Gasteiger partial charge is 0.344 e. The van der Waals surface area contributed by atoms with Gasteiger partial charge in [0.25, 0.3) is 0 Å². The number of nitrogens with one attached hydrogen (secondary N) is 2. The topological polar surface area (TPSA) is 85.3 Å².